The van der Waals surface area contributed by atoms with Crippen LogP contribution >= 0.6 is 0 Å². The Labute approximate surface area is 352 Å². The molecular formula is C52H102O4. The Bertz CT molecular complexity index is 751. The van der Waals surface area contributed by atoms with E-state index in [1.165, 1.54) is 250 Å². The van der Waals surface area contributed by atoms with Crippen molar-refractivity contribution in [2.75, 3.05) is 19.8 Å². The second-order valence-corrected chi connectivity index (χ2v) is 17.6. The van der Waals surface area contributed by atoms with Crippen molar-refractivity contribution in [2.45, 2.75) is 296 Å². The zero-order valence-corrected chi connectivity index (χ0v) is 38.4. The molecule has 334 valence electrons. The maximum Gasteiger partial charge on any atom is 0.306 e. The predicted octanol–water partition coefficient (Wildman–Crippen LogP) is 17.3. The third-order valence-electron chi connectivity index (χ3n) is 11.8. The molecule has 0 aliphatic carbocycles. The summed E-state index contributed by atoms with van der Waals surface area (Å²) >= 11 is 0. The summed E-state index contributed by atoms with van der Waals surface area (Å²) in [5.74, 6) is -0.195. The molecular weight excluding hydrogens is 689 g/mol. The minimum absolute atomic E-state index is 0.166. The van der Waals surface area contributed by atoms with E-state index < -0.39 is 6.10 Å². The Hall–Kier alpha value is -0.870. The maximum absolute atomic E-state index is 12.3. The average molecular weight is 791 g/mol. The summed E-state index contributed by atoms with van der Waals surface area (Å²) in [5.41, 5.74) is 0. The summed E-state index contributed by atoms with van der Waals surface area (Å²) in [4.78, 5) is 12.3. The van der Waals surface area contributed by atoms with Gasteiger partial charge < -0.3 is 14.6 Å². The van der Waals surface area contributed by atoms with Gasteiger partial charge in [-0.05, 0) is 38.5 Å². The van der Waals surface area contributed by atoms with E-state index in [1.54, 1.807) is 0 Å². The Morgan fingerprint density at radius 2 is 0.696 bits per heavy atom. The van der Waals surface area contributed by atoms with Gasteiger partial charge in [0.2, 0.25) is 0 Å². The van der Waals surface area contributed by atoms with E-state index in [9.17, 15) is 9.90 Å². The molecule has 0 spiro atoms. The number of ether oxygens (including phenoxy) is 2. The highest BCUT2D eigenvalue weighted by atomic mass is 16.6. The first-order chi connectivity index (χ1) is 27.7. The maximum atomic E-state index is 12.3. The van der Waals surface area contributed by atoms with Crippen LogP contribution in [0, 0.1) is 0 Å². The van der Waals surface area contributed by atoms with Gasteiger partial charge in [-0.3, -0.25) is 4.79 Å². The van der Waals surface area contributed by atoms with Crippen LogP contribution in [0.25, 0.3) is 0 Å². The van der Waals surface area contributed by atoms with Crippen LogP contribution in [0.15, 0.2) is 12.2 Å². The molecule has 0 rings (SSSR count). The molecule has 0 radical (unpaired) electrons. The third-order valence-corrected chi connectivity index (χ3v) is 11.8. The fraction of sp³-hybridized carbons (Fsp3) is 0.942. The highest BCUT2D eigenvalue weighted by Crippen LogP contribution is 2.17. The van der Waals surface area contributed by atoms with E-state index in [1.807, 2.05) is 0 Å². The lowest BCUT2D eigenvalue weighted by Gasteiger charge is -2.16. The lowest BCUT2D eigenvalue weighted by molar-refractivity contribution is -0.154. The fourth-order valence-corrected chi connectivity index (χ4v) is 7.97. The number of unbranched alkanes of at least 4 members (excludes halogenated alkanes) is 39. The summed E-state index contributed by atoms with van der Waals surface area (Å²) in [6, 6.07) is 0. The SMILES string of the molecule is CCCCCCCCCC/C=C\CCCCCCCCCCCC(=O)OC(CO)COCCCCCCCCCCCCCCCCCCCCCCCCC. The van der Waals surface area contributed by atoms with Crippen LogP contribution in [0.2, 0.25) is 0 Å². The summed E-state index contributed by atoms with van der Waals surface area (Å²) in [6.07, 6.45) is 61.7. The van der Waals surface area contributed by atoms with Gasteiger partial charge in [-0.15, -0.1) is 0 Å². The van der Waals surface area contributed by atoms with E-state index in [4.69, 9.17) is 9.47 Å². The molecule has 0 aromatic heterocycles. The van der Waals surface area contributed by atoms with Crippen molar-refractivity contribution in [2.24, 2.45) is 0 Å². The molecule has 0 aromatic carbocycles. The Balaban J connectivity index is 3.35. The van der Waals surface area contributed by atoms with Crippen LogP contribution < -0.4 is 0 Å². The Morgan fingerprint density at radius 1 is 0.411 bits per heavy atom. The largest absolute Gasteiger partial charge is 0.457 e. The molecule has 0 heterocycles. The smallest absolute Gasteiger partial charge is 0.306 e. The van der Waals surface area contributed by atoms with E-state index in [2.05, 4.69) is 26.0 Å². The highest BCUT2D eigenvalue weighted by molar-refractivity contribution is 5.69. The average Bonchev–Trinajstić information content (AvgIpc) is 3.20. The molecule has 0 bridgehead atoms. The van der Waals surface area contributed by atoms with Crippen LogP contribution in [-0.2, 0) is 14.3 Å². The van der Waals surface area contributed by atoms with E-state index in [0.717, 1.165) is 19.3 Å². The number of rotatable bonds is 49. The highest BCUT2D eigenvalue weighted by Gasteiger charge is 2.13. The summed E-state index contributed by atoms with van der Waals surface area (Å²) in [5, 5.41) is 9.65. The van der Waals surface area contributed by atoms with Crippen LogP contribution in [0.1, 0.15) is 290 Å². The third kappa shape index (κ3) is 47.5. The lowest BCUT2D eigenvalue weighted by atomic mass is 10.0. The molecule has 0 amide bonds. The van der Waals surface area contributed by atoms with Gasteiger partial charge in [-0.2, -0.15) is 0 Å². The van der Waals surface area contributed by atoms with Gasteiger partial charge in [0.15, 0.2) is 0 Å². The molecule has 1 unspecified atom stereocenters. The molecule has 0 saturated carbocycles. The standard InChI is InChI=1S/C52H102O4/c1-3-5-7-9-11-13-15-17-19-21-23-25-26-28-30-32-34-36-38-40-42-44-46-48-55-50-51(49-53)56-52(54)47-45-43-41-39-37-35-33-31-29-27-24-22-20-18-16-14-12-10-8-6-4-2/h22,24,51,53H,3-21,23,25-50H2,1-2H3/b24-22-. The quantitative estimate of drug-likeness (QED) is 0.0379. The molecule has 4 nitrogen and oxygen atoms in total. The summed E-state index contributed by atoms with van der Waals surface area (Å²) in [6.45, 7) is 5.41. The van der Waals surface area contributed by atoms with Gasteiger partial charge in [0, 0.05) is 13.0 Å². The van der Waals surface area contributed by atoms with E-state index in [-0.39, 0.29) is 12.6 Å². The minimum Gasteiger partial charge on any atom is -0.457 e. The minimum atomic E-state index is -0.530. The van der Waals surface area contributed by atoms with E-state index >= 15 is 0 Å². The van der Waals surface area contributed by atoms with Gasteiger partial charge in [0.05, 0.1) is 13.2 Å². The van der Waals surface area contributed by atoms with Gasteiger partial charge in [-0.1, -0.05) is 257 Å². The van der Waals surface area contributed by atoms with Crippen molar-refractivity contribution < 1.29 is 19.4 Å². The zero-order chi connectivity index (χ0) is 40.5. The van der Waals surface area contributed by atoms with Crippen molar-refractivity contribution >= 4 is 5.97 Å². The van der Waals surface area contributed by atoms with Gasteiger partial charge >= 0.3 is 5.97 Å². The number of esters is 1. The second kappa shape index (κ2) is 50.3. The summed E-state index contributed by atoms with van der Waals surface area (Å²) < 4.78 is 11.2. The fourth-order valence-electron chi connectivity index (χ4n) is 7.97. The number of aliphatic hydroxyl groups is 1. The van der Waals surface area contributed by atoms with E-state index in [0.29, 0.717) is 19.6 Å². The Morgan fingerprint density at radius 3 is 1.02 bits per heavy atom. The number of allylic oxidation sites excluding steroid dienone is 2. The predicted molar refractivity (Wildman–Crippen MR) is 247 cm³/mol. The number of aliphatic hydroxyl groups excluding tert-OH is 1. The number of carbonyl (C=O) groups excluding carboxylic acids is 1. The number of hydrogen-bond donors (Lipinski definition) is 1. The summed E-state index contributed by atoms with van der Waals surface area (Å²) in [7, 11) is 0. The van der Waals surface area contributed by atoms with Gasteiger partial charge in [0.25, 0.3) is 0 Å². The van der Waals surface area contributed by atoms with Gasteiger partial charge in [-0.25, -0.2) is 0 Å². The molecule has 0 aromatic rings. The van der Waals surface area contributed by atoms with Crippen LogP contribution in [0.5, 0.6) is 0 Å². The first-order valence-corrected chi connectivity index (χ1v) is 25.8. The molecule has 0 saturated heterocycles. The number of hydrogen-bond acceptors (Lipinski definition) is 4. The molecule has 0 aliphatic heterocycles. The topological polar surface area (TPSA) is 55.8 Å². The first kappa shape index (κ1) is 55.1. The molecule has 1 atom stereocenters. The van der Waals surface area contributed by atoms with Crippen molar-refractivity contribution in [1.29, 1.82) is 0 Å². The first-order valence-electron chi connectivity index (χ1n) is 25.8. The monoisotopic (exact) mass is 791 g/mol. The lowest BCUT2D eigenvalue weighted by Crippen LogP contribution is -2.27. The number of carbonyl (C=O) groups is 1. The van der Waals surface area contributed by atoms with Crippen LogP contribution in [0.4, 0.5) is 0 Å². The Kier molecular flexibility index (Phi) is 49.5. The molecule has 0 fully saturated rings. The zero-order valence-electron chi connectivity index (χ0n) is 38.4. The molecule has 56 heavy (non-hydrogen) atoms. The van der Waals surface area contributed by atoms with Crippen molar-refractivity contribution in [3.63, 3.8) is 0 Å². The van der Waals surface area contributed by atoms with Crippen LogP contribution in [0.3, 0.4) is 0 Å². The molecule has 0 aliphatic rings. The normalized spacial score (nSPS) is 12.3. The van der Waals surface area contributed by atoms with Crippen molar-refractivity contribution in [1.82, 2.24) is 0 Å². The van der Waals surface area contributed by atoms with Crippen LogP contribution in [-0.4, -0.2) is 37.0 Å². The second-order valence-electron chi connectivity index (χ2n) is 17.6. The van der Waals surface area contributed by atoms with Crippen molar-refractivity contribution in [3.8, 4) is 0 Å². The van der Waals surface area contributed by atoms with Crippen molar-refractivity contribution in [3.05, 3.63) is 12.2 Å². The van der Waals surface area contributed by atoms with Gasteiger partial charge in [0.1, 0.15) is 6.10 Å². The molecule has 1 N–H and O–H groups in total. The molecule has 4 heteroatoms.